The summed E-state index contributed by atoms with van der Waals surface area (Å²) in [4.78, 5) is 13.8. The molecule has 1 fully saturated rings. The van der Waals surface area contributed by atoms with Gasteiger partial charge in [0, 0.05) is 19.5 Å². The zero-order chi connectivity index (χ0) is 13.7. The highest BCUT2D eigenvalue weighted by Crippen LogP contribution is 2.19. The van der Waals surface area contributed by atoms with Crippen molar-refractivity contribution in [1.29, 1.82) is 0 Å². The summed E-state index contributed by atoms with van der Waals surface area (Å²) in [6.45, 7) is 1.55. The third kappa shape index (κ3) is 4.04. The lowest BCUT2D eigenvalue weighted by atomic mass is 10.2. The minimum atomic E-state index is -3.29. The number of sulfone groups is 1. The number of hydrogen-bond donors (Lipinski definition) is 0. The Morgan fingerprint density at radius 1 is 1.21 bits per heavy atom. The molecule has 1 aromatic rings. The second kappa shape index (κ2) is 6.52. The maximum atomic E-state index is 12.0. The van der Waals surface area contributed by atoms with Crippen LogP contribution in [0.2, 0.25) is 0 Å². The molecule has 106 valence electrons. The van der Waals surface area contributed by atoms with E-state index in [9.17, 15) is 13.2 Å². The number of hydrogen-bond acceptors (Lipinski definition) is 4. The van der Waals surface area contributed by atoms with Crippen molar-refractivity contribution in [3.05, 3.63) is 17.5 Å². The van der Waals surface area contributed by atoms with Gasteiger partial charge < -0.3 is 4.90 Å². The molecule has 2 heterocycles. The highest BCUT2D eigenvalue weighted by molar-refractivity contribution is 7.93. The third-order valence-electron chi connectivity index (χ3n) is 3.35. The van der Waals surface area contributed by atoms with Crippen LogP contribution in [0.25, 0.3) is 0 Å². The Hall–Kier alpha value is -0.880. The van der Waals surface area contributed by atoms with Crippen molar-refractivity contribution in [3.8, 4) is 0 Å². The van der Waals surface area contributed by atoms with Crippen molar-refractivity contribution in [2.24, 2.45) is 0 Å². The van der Waals surface area contributed by atoms with Gasteiger partial charge in [-0.05, 0) is 24.3 Å². The Morgan fingerprint density at radius 3 is 2.47 bits per heavy atom. The molecule has 2 rings (SSSR count). The van der Waals surface area contributed by atoms with Gasteiger partial charge in [-0.25, -0.2) is 8.42 Å². The Kier molecular flexibility index (Phi) is 4.99. The average molecular weight is 301 g/mol. The van der Waals surface area contributed by atoms with Crippen LogP contribution in [0.15, 0.2) is 21.7 Å². The van der Waals surface area contributed by atoms with Crippen LogP contribution in [0.1, 0.15) is 32.1 Å². The van der Waals surface area contributed by atoms with E-state index in [1.165, 1.54) is 11.3 Å². The van der Waals surface area contributed by atoms with Crippen LogP contribution >= 0.6 is 11.3 Å². The molecule has 4 nitrogen and oxygen atoms in total. The molecule has 0 N–H and O–H groups in total. The number of nitrogens with zero attached hydrogens (tertiary/aromatic N) is 1. The van der Waals surface area contributed by atoms with E-state index in [-0.39, 0.29) is 18.1 Å². The number of likely N-dealkylation sites (tertiary alicyclic amines) is 1. The fourth-order valence-corrected chi connectivity index (χ4v) is 4.62. The van der Waals surface area contributed by atoms with Crippen LogP contribution < -0.4 is 0 Å². The minimum Gasteiger partial charge on any atom is -0.343 e. The summed E-state index contributed by atoms with van der Waals surface area (Å²) in [5.74, 6) is -0.106. The van der Waals surface area contributed by atoms with Gasteiger partial charge in [0.1, 0.15) is 4.21 Å². The monoisotopic (exact) mass is 301 g/mol. The molecule has 0 bridgehead atoms. The van der Waals surface area contributed by atoms with E-state index in [2.05, 4.69) is 0 Å². The highest BCUT2D eigenvalue weighted by Gasteiger charge is 2.20. The summed E-state index contributed by atoms with van der Waals surface area (Å²) in [5.41, 5.74) is 0. The predicted octanol–water partition coefficient (Wildman–Crippen LogP) is 2.31. The third-order valence-corrected chi connectivity index (χ3v) is 6.55. The lowest BCUT2D eigenvalue weighted by Crippen LogP contribution is -2.32. The molecule has 0 aliphatic carbocycles. The van der Waals surface area contributed by atoms with Gasteiger partial charge in [0.2, 0.25) is 5.91 Å². The first-order chi connectivity index (χ1) is 9.09. The van der Waals surface area contributed by atoms with E-state index in [0.29, 0.717) is 4.21 Å². The SMILES string of the molecule is O=C(CCS(=O)(=O)c1cccs1)N1CCCCCC1. The molecule has 0 aromatic carbocycles. The second-order valence-electron chi connectivity index (χ2n) is 4.80. The Labute approximate surface area is 118 Å². The molecule has 1 aromatic heterocycles. The van der Waals surface area contributed by atoms with Gasteiger partial charge >= 0.3 is 0 Å². The molecule has 1 saturated heterocycles. The zero-order valence-corrected chi connectivity index (χ0v) is 12.5. The van der Waals surface area contributed by atoms with E-state index in [1.54, 1.807) is 17.5 Å². The molecule has 0 spiro atoms. The average Bonchev–Trinajstić information content (AvgIpc) is 2.80. The molecule has 0 atom stereocenters. The first kappa shape index (κ1) is 14.5. The van der Waals surface area contributed by atoms with Gasteiger partial charge in [0.15, 0.2) is 9.84 Å². The standard InChI is InChI=1S/C13H19NO3S2/c15-12(14-8-3-1-2-4-9-14)7-11-19(16,17)13-6-5-10-18-13/h5-6,10H,1-4,7-9,11H2. The molecule has 0 radical (unpaired) electrons. The van der Waals surface area contributed by atoms with Crippen molar-refractivity contribution in [1.82, 2.24) is 4.90 Å². The number of rotatable bonds is 4. The van der Waals surface area contributed by atoms with Crippen molar-refractivity contribution >= 4 is 27.1 Å². The highest BCUT2D eigenvalue weighted by atomic mass is 32.2. The van der Waals surface area contributed by atoms with Crippen LogP contribution in [0, 0.1) is 0 Å². The van der Waals surface area contributed by atoms with E-state index >= 15 is 0 Å². The van der Waals surface area contributed by atoms with Gasteiger partial charge in [-0.1, -0.05) is 18.9 Å². The van der Waals surface area contributed by atoms with E-state index in [4.69, 9.17) is 0 Å². The molecule has 0 unspecified atom stereocenters. The van der Waals surface area contributed by atoms with Crippen molar-refractivity contribution < 1.29 is 13.2 Å². The van der Waals surface area contributed by atoms with Gasteiger partial charge in [-0.15, -0.1) is 11.3 Å². The van der Waals surface area contributed by atoms with E-state index in [1.807, 2.05) is 4.90 Å². The lowest BCUT2D eigenvalue weighted by molar-refractivity contribution is -0.130. The zero-order valence-electron chi connectivity index (χ0n) is 10.9. The van der Waals surface area contributed by atoms with Gasteiger partial charge in [0.05, 0.1) is 5.75 Å². The maximum absolute atomic E-state index is 12.0. The van der Waals surface area contributed by atoms with Gasteiger partial charge in [-0.3, -0.25) is 4.79 Å². The normalized spacial score (nSPS) is 17.2. The summed E-state index contributed by atoms with van der Waals surface area (Å²) < 4.78 is 24.3. The molecular weight excluding hydrogens is 282 g/mol. The van der Waals surface area contributed by atoms with E-state index < -0.39 is 9.84 Å². The number of amides is 1. The van der Waals surface area contributed by atoms with Crippen LogP contribution in [0.3, 0.4) is 0 Å². The van der Waals surface area contributed by atoms with E-state index in [0.717, 1.165) is 38.8 Å². The number of carbonyl (C=O) groups is 1. The van der Waals surface area contributed by atoms with Crippen molar-refractivity contribution in [2.75, 3.05) is 18.8 Å². The Balaban J connectivity index is 1.89. The fraction of sp³-hybridized carbons (Fsp3) is 0.615. The summed E-state index contributed by atoms with van der Waals surface area (Å²) >= 11 is 1.21. The van der Waals surface area contributed by atoms with Crippen LogP contribution in [0.4, 0.5) is 0 Å². The molecule has 0 saturated carbocycles. The van der Waals surface area contributed by atoms with Crippen LogP contribution in [0.5, 0.6) is 0 Å². The Morgan fingerprint density at radius 2 is 1.89 bits per heavy atom. The molecule has 19 heavy (non-hydrogen) atoms. The predicted molar refractivity (Wildman–Crippen MR) is 76.0 cm³/mol. The van der Waals surface area contributed by atoms with Gasteiger partial charge in [0.25, 0.3) is 0 Å². The van der Waals surface area contributed by atoms with Crippen LogP contribution in [-0.4, -0.2) is 38.1 Å². The summed E-state index contributed by atoms with van der Waals surface area (Å²) in [6.07, 6.45) is 4.49. The topological polar surface area (TPSA) is 54.5 Å². The number of thiophene rings is 1. The first-order valence-corrected chi connectivity index (χ1v) is 9.17. The molecular formula is C13H19NO3S2. The molecule has 1 aliphatic rings. The van der Waals surface area contributed by atoms with Crippen molar-refractivity contribution in [3.63, 3.8) is 0 Å². The Bertz CT molecular complexity index is 500. The quantitative estimate of drug-likeness (QED) is 0.857. The first-order valence-electron chi connectivity index (χ1n) is 6.64. The summed E-state index contributed by atoms with van der Waals surface area (Å²) in [6, 6.07) is 3.31. The number of carbonyl (C=O) groups excluding carboxylic acids is 1. The van der Waals surface area contributed by atoms with Gasteiger partial charge in [-0.2, -0.15) is 0 Å². The fourth-order valence-electron chi connectivity index (χ4n) is 2.24. The summed E-state index contributed by atoms with van der Waals surface area (Å²) in [7, 11) is -3.29. The lowest BCUT2D eigenvalue weighted by Gasteiger charge is -2.20. The molecule has 6 heteroatoms. The molecule has 1 aliphatic heterocycles. The maximum Gasteiger partial charge on any atom is 0.223 e. The smallest absolute Gasteiger partial charge is 0.223 e. The summed E-state index contributed by atoms with van der Waals surface area (Å²) in [5, 5.41) is 1.74. The van der Waals surface area contributed by atoms with Crippen molar-refractivity contribution in [2.45, 2.75) is 36.3 Å². The minimum absolute atomic E-state index is 0.0259. The second-order valence-corrected chi connectivity index (χ2v) is 8.08. The molecule has 1 amide bonds. The largest absolute Gasteiger partial charge is 0.343 e. The van der Waals surface area contributed by atoms with Crippen LogP contribution in [-0.2, 0) is 14.6 Å².